The molecular weight excluding hydrogens is 346 g/mol. The predicted molar refractivity (Wildman–Crippen MR) is 90.9 cm³/mol. The van der Waals surface area contributed by atoms with Gasteiger partial charge < -0.3 is 10.1 Å². The Bertz CT molecular complexity index is 987. The van der Waals surface area contributed by atoms with Crippen LogP contribution in [0.25, 0.3) is 0 Å². The summed E-state index contributed by atoms with van der Waals surface area (Å²) in [4.78, 5) is 24.1. The second kappa shape index (κ2) is 6.13. The molecule has 0 bridgehead atoms. The van der Waals surface area contributed by atoms with Gasteiger partial charge in [-0.15, -0.1) is 0 Å². The average Bonchev–Trinajstić information content (AvgIpc) is 2.59. The van der Waals surface area contributed by atoms with E-state index in [1.54, 1.807) is 31.2 Å². The summed E-state index contributed by atoms with van der Waals surface area (Å²) in [5.41, 5.74) is 0.639. The van der Waals surface area contributed by atoms with Crippen LogP contribution in [0.5, 0.6) is 6.01 Å². The van der Waals surface area contributed by atoms with E-state index in [9.17, 15) is 13.2 Å². The van der Waals surface area contributed by atoms with Crippen molar-refractivity contribution in [1.82, 2.24) is 15.0 Å². The quantitative estimate of drug-likeness (QED) is 0.809. The third-order valence-corrected chi connectivity index (χ3v) is 5.37. The number of carbonyl (C=O) groups is 1. The molecule has 1 N–H and O–H groups in total. The van der Waals surface area contributed by atoms with Gasteiger partial charge in [0.2, 0.25) is 11.7 Å². The smallest absolute Gasteiger partial charge is 0.321 e. The second-order valence-electron chi connectivity index (χ2n) is 5.16. The topological polar surface area (TPSA) is 114 Å². The van der Waals surface area contributed by atoms with Crippen molar-refractivity contribution in [2.75, 3.05) is 23.8 Å². The van der Waals surface area contributed by atoms with Crippen molar-refractivity contribution in [2.45, 2.75) is 6.92 Å². The Hall–Kier alpha value is -3.01. The Kier molecular flexibility index (Phi) is 4.13. The van der Waals surface area contributed by atoms with E-state index in [4.69, 9.17) is 4.74 Å². The molecule has 0 atom stereocenters. The average molecular weight is 361 g/mol. The van der Waals surface area contributed by atoms with Gasteiger partial charge in [-0.1, -0.05) is 12.1 Å². The number of rotatable bonds is 3. The number of allylic oxidation sites excluding steroid dienone is 1. The Morgan fingerprint density at radius 3 is 2.64 bits per heavy atom. The molecule has 0 saturated carbocycles. The number of nitrogens with zero attached hydrogens (tertiary/aromatic N) is 4. The van der Waals surface area contributed by atoms with Crippen LogP contribution in [-0.4, -0.2) is 43.3 Å². The molecule has 0 fully saturated rings. The van der Waals surface area contributed by atoms with E-state index in [1.807, 2.05) is 0 Å². The highest BCUT2D eigenvalue weighted by Crippen LogP contribution is 2.33. The molecule has 10 heteroatoms. The molecule has 2 heterocycles. The van der Waals surface area contributed by atoms with E-state index in [0.717, 1.165) is 10.5 Å². The molecule has 25 heavy (non-hydrogen) atoms. The van der Waals surface area contributed by atoms with Crippen molar-refractivity contribution in [3.8, 4) is 6.01 Å². The van der Waals surface area contributed by atoms with E-state index in [-0.39, 0.29) is 12.0 Å². The summed E-state index contributed by atoms with van der Waals surface area (Å²) in [6, 6.07) is 6.58. The van der Waals surface area contributed by atoms with Gasteiger partial charge in [0, 0.05) is 18.8 Å². The van der Waals surface area contributed by atoms with Gasteiger partial charge in [0.15, 0.2) is 4.91 Å². The zero-order chi connectivity index (χ0) is 18.2. The number of aryl methyl sites for hydroxylation is 1. The van der Waals surface area contributed by atoms with Crippen LogP contribution >= 0.6 is 0 Å². The maximum Gasteiger partial charge on any atom is 0.321 e. The molecule has 1 aromatic carbocycles. The summed E-state index contributed by atoms with van der Waals surface area (Å²) in [5, 5.41) is 2.64. The number of ketones is 1. The van der Waals surface area contributed by atoms with Crippen LogP contribution in [0.2, 0.25) is 0 Å². The molecule has 0 radical (unpaired) electrons. The molecule has 1 aliphatic rings. The fourth-order valence-electron chi connectivity index (χ4n) is 2.35. The zero-order valence-electron chi connectivity index (χ0n) is 13.7. The van der Waals surface area contributed by atoms with Crippen LogP contribution in [0.4, 0.5) is 11.6 Å². The van der Waals surface area contributed by atoms with E-state index in [0.29, 0.717) is 17.1 Å². The molecule has 0 amide bonds. The third-order valence-electron chi connectivity index (χ3n) is 3.59. The van der Waals surface area contributed by atoms with E-state index in [2.05, 4.69) is 20.3 Å². The lowest BCUT2D eigenvalue weighted by molar-refractivity contribution is 0.104. The van der Waals surface area contributed by atoms with Crippen LogP contribution in [0, 0.1) is 6.92 Å². The number of Topliss-reactive ketones (excluding diaryl/α,β-unsaturated/α-hetero) is 1. The molecule has 0 unspecified atom stereocenters. The lowest BCUT2D eigenvalue weighted by atomic mass is 10.1. The lowest BCUT2D eigenvalue weighted by Crippen LogP contribution is -2.36. The van der Waals surface area contributed by atoms with Crippen LogP contribution in [0.1, 0.15) is 16.2 Å². The largest absolute Gasteiger partial charge is 0.467 e. The first-order valence-corrected chi connectivity index (χ1v) is 8.64. The molecular formula is C15H15N5O4S. The fraction of sp³-hybridized carbons (Fsp3) is 0.200. The van der Waals surface area contributed by atoms with Gasteiger partial charge in [0.05, 0.1) is 12.8 Å². The number of methoxy groups -OCH3 is 1. The Labute approximate surface area is 144 Å². The van der Waals surface area contributed by atoms with E-state index >= 15 is 0 Å². The number of hydrogen-bond donors (Lipinski definition) is 1. The monoisotopic (exact) mass is 361 g/mol. The number of fused-ring (bicyclic) bond motifs is 1. The minimum absolute atomic E-state index is 0.0707. The van der Waals surface area contributed by atoms with Gasteiger partial charge in [0.25, 0.3) is 10.0 Å². The number of nitrogens with one attached hydrogen (secondary N) is 1. The van der Waals surface area contributed by atoms with Crippen molar-refractivity contribution in [3.63, 3.8) is 0 Å². The van der Waals surface area contributed by atoms with Crippen molar-refractivity contribution in [2.24, 2.45) is 0 Å². The maximum atomic E-state index is 12.6. The Morgan fingerprint density at radius 1 is 1.20 bits per heavy atom. The first-order valence-electron chi connectivity index (χ1n) is 7.20. The fourth-order valence-corrected chi connectivity index (χ4v) is 3.62. The first kappa shape index (κ1) is 16.8. The van der Waals surface area contributed by atoms with Gasteiger partial charge in [0.1, 0.15) is 5.82 Å². The molecule has 2 aromatic rings. The highest BCUT2D eigenvalue weighted by molar-refractivity contribution is 7.97. The maximum absolute atomic E-state index is 12.6. The van der Waals surface area contributed by atoms with Crippen molar-refractivity contribution in [1.29, 1.82) is 0 Å². The number of hydrogen-bond acceptors (Lipinski definition) is 8. The number of benzene rings is 1. The molecule has 0 saturated heterocycles. The number of para-hydroxylation sites is 1. The molecule has 3 rings (SSSR count). The minimum Gasteiger partial charge on any atom is -0.467 e. The molecule has 130 valence electrons. The van der Waals surface area contributed by atoms with Crippen LogP contribution < -0.4 is 14.4 Å². The predicted octanol–water partition coefficient (Wildman–Crippen LogP) is 1.10. The van der Waals surface area contributed by atoms with Gasteiger partial charge in [-0.25, -0.2) is 8.42 Å². The molecule has 1 aliphatic heterocycles. The molecule has 1 aromatic heterocycles. The van der Waals surface area contributed by atoms with Crippen molar-refractivity contribution in [3.05, 3.63) is 46.8 Å². The molecule has 9 nitrogen and oxygen atoms in total. The van der Waals surface area contributed by atoms with Crippen LogP contribution in [-0.2, 0) is 10.0 Å². The third kappa shape index (κ3) is 2.91. The lowest BCUT2D eigenvalue weighted by Gasteiger charge is -2.27. The highest BCUT2D eigenvalue weighted by Gasteiger charge is 2.37. The summed E-state index contributed by atoms with van der Waals surface area (Å²) in [6.07, 6.45) is 1.08. The van der Waals surface area contributed by atoms with Gasteiger partial charge in [-0.3, -0.25) is 9.10 Å². The van der Waals surface area contributed by atoms with Crippen LogP contribution in [0.15, 0.2) is 35.4 Å². The first-order chi connectivity index (χ1) is 11.8. The Balaban J connectivity index is 2.03. The summed E-state index contributed by atoms with van der Waals surface area (Å²) >= 11 is 0. The number of anilines is 2. The van der Waals surface area contributed by atoms with E-state index in [1.165, 1.54) is 14.2 Å². The zero-order valence-corrected chi connectivity index (χ0v) is 14.5. The normalized spacial score (nSPS) is 17.3. The Morgan fingerprint density at radius 2 is 1.92 bits per heavy atom. The second-order valence-corrected chi connectivity index (χ2v) is 7.10. The molecule has 0 aliphatic carbocycles. The summed E-state index contributed by atoms with van der Waals surface area (Å²) in [7, 11) is -1.19. The number of sulfonamides is 1. The number of ether oxygens (including phenoxy) is 1. The minimum atomic E-state index is -3.98. The van der Waals surface area contributed by atoms with E-state index < -0.39 is 20.7 Å². The summed E-state index contributed by atoms with van der Waals surface area (Å²) in [6.45, 7) is 1.63. The van der Waals surface area contributed by atoms with Crippen molar-refractivity contribution >= 4 is 27.4 Å². The summed E-state index contributed by atoms with van der Waals surface area (Å²) in [5.74, 6) is -0.145. The van der Waals surface area contributed by atoms with Gasteiger partial charge >= 0.3 is 6.01 Å². The number of carbonyl (C=O) groups excluding carboxylic acids is 1. The molecule has 0 spiro atoms. The number of aromatic nitrogens is 3. The van der Waals surface area contributed by atoms with Crippen LogP contribution in [0.3, 0.4) is 0 Å². The SMILES string of the molecule is COc1nc(C)nc(N/C=C2\C(=O)c3ccccc3N(C)S2(=O)=O)n1. The van der Waals surface area contributed by atoms with Gasteiger partial charge in [-0.2, -0.15) is 15.0 Å². The summed E-state index contributed by atoms with van der Waals surface area (Å²) < 4.78 is 31.2. The van der Waals surface area contributed by atoms with Gasteiger partial charge in [-0.05, 0) is 19.1 Å². The highest BCUT2D eigenvalue weighted by atomic mass is 32.2. The standard InChI is InChI=1S/C15H15N5O4S/c1-9-17-14(19-15(18-9)24-3)16-8-12-13(21)10-6-4-5-7-11(10)20(2)25(12,22)23/h4-8H,1-3H3,(H,16,17,18,19)/b12-8+. The van der Waals surface area contributed by atoms with Crippen molar-refractivity contribution < 1.29 is 17.9 Å².